The van der Waals surface area contributed by atoms with Crippen molar-refractivity contribution in [1.29, 1.82) is 0 Å². The molecule has 0 aliphatic carbocycles. The Kier molecular flexibility index (Phi) is 11.3. The van der Waals surface area contributed by atoms with E-state index in [2.05, 4.69) is 58.7 Å². The van der Waals surface area contributed by atoms with E-state index in [4.69, 9.17) is 18.9 Å². The van der Waals surface area contributed by atoms with E-state index >= 15 is 0 Å². The van der Waals surface area contributed by atoms with Crippen molar-refractivity contribution in [2.45, 2.75) is 32.0 Å². The van der Waals surface area contributed by atoms with Crippen molar-refractivity contribution in [3.05, 3.63) is 102 Å². The van der Waals surface area contributed by atoms with Crippen molar-refractivity contribution in [3.63, 3.8) is 0 Å². The normalized spacial score (nSPS) is 14.2. The van der Waals surface area contributed by atoms with E-state index in [1.165, 1.54) is 13.2 Å². The lowest BCUT2D eigenvalue weighted by atomic mass is 10.00. The van der Waals surface area contributed by atoms with Gasteiger partial charge in [-0.25, -0.2) is 4.79 Å². The molecule has 1 amide bonds. The molecule has 0 radical (unpaired) electrons. The minimum Gasteiger partial charge on any atom is -0.493 e. The van der Waals surface area contributed by atoms with Gasteiger partial charge in [-0.2, -0.15) is 0 Å². The Hall–Kier alpha value is -4.14. The van der Waals surface area contributed by atoms with Crippen LogP contribution in [0.2, 0.25) is 0 Å². The summed E-state index contributed by atoms with van der Waals surface area (Å²) in [6.07, 6.45) is 4.36. The highest BCUT2D eigenvalue weighted by atomic mass is 16.7. The van der Waals surface area contributed by atoms with Gasteiger partial charge in [0.05, 0.1) is 19.8 Å². The van der Waals surface area contributed by atoms with Gasteiger partial charge in [-0.1, -0.05) is 66.7 Å². The van der Waals surface area contributed by atoms with Crippen LogP contribution < -0.4 is 14.8 Å². The maximum Gasteiger partial charge on any atom is 0.513 e. The van der Waals surface area contributed by atoms with E-state index in [1.54, 1.807) is 31.2 Å². The quantitative estimate of drug-likeness (QED) is 0.175. The molecule has 3 aromatic rings. The maximum absolute atomic E-state index is 12.4. The molecular weight excluding hydrogens is 520 g/mol. The van der Waals surface area contributed by atoms with Crippen LogP contribution in [0.4, 0.5) is 4.79 Å². The Balaban J connectivity index is 1.20. The molecule has 216 valence electrons. The molecular formula is C33H38N2O6. The highest BCUT2D eigenvalue weighted by molar-refractivity contribution is 5.91. The van der Waals surface area contributed by atoms with Gasteiger partial charge in [0, 0.05) is 32.3 Å². The summed E-state index contributed by atoms with van der Waals surface area (Å²) in [5, 5.41) is 2.95. The first-order valence-corrected chi connectivity index (χ1v) is 14.0. The number of likely N-dealkylation sites (tertiary alicyclic amines) is 1. The van der Waals surface area contributed by atoms with Crippen LogP contribution >= 0.6 is 0 Å². The van der Waals surface area contributed by atoms with Crippen molar-refractivity contribution in [2.75, 3.05) is 39.9 Å². The van der Waals surface area contributed by atoms with Crippen molar-refractivity contribution in [1.82, 2.24) is 10.2 Å². The number of amides is 1. The van der Waals surface area contributed by atoms with Gasteiger partial charge in [0.25, 0.3) is 0 Å². The molecule has 41 heavy (non-hydrogen) atoms. The number of ether oxygens (including phenoxy) is 4. The van der Waals surface area contributed by atoms with Gasteiger partial charge >= 0.3 is 6.16 Å². The number of benzene rings is 3. The first-order valence-electron chi connectivity index (χ1n) is 14.0. The third-order valence-corrected chi connectivity index (χ3v) is 6.87. The second kappa shape index (κ2) is 15.6. The molecule has 1 N–H and O–H groups in total. The molecule has 3 aromatic carbocycles. The van der Waals surface area contributed by atoms with Crippen LogP contribution in [0.15, 0.2) is 84.9 Å². The molecule has 8 nitrogen and oxygen atoms in total. The van der Waals surface area contributed by atoms with E-state index in [9.17, 15) is 9.59 Å². The fraction of sp³-hybridized carbons (Fsp3) is 0.333. The predicted molar refractivity (Wildman–Crippen MR) is 158 cm³/mol. The number of hydrogen-bond donors (Lipinski definition) is 1. The van der Waals surface area contributed by atoms with Crippen LogP contribution in [-0.4, -0.2) is 63.0 Å². The summed E-state index contributed by atoms with van der Waals surface area (Å²) in [7, 11) is 1.48. The summed E-state index contributed by atoms with van der Waals surface area (Å²) in [5.41, 5.74) is 3.06. The Morgan fingerprint density at radius 1 is 0.951 bits per heavy atom. The third kappa shape index (κ3) is 9.20. The monoisotopic (exact) mass is 558 g/mol. The lowest BCUT2D eigenvalue weighted by Gasteiger charge is -2.34. The lowest BCUT2D eigenvalue weighted by molar-refractivity contribution is -0.116. The summed E-state index contributed by atoms with van der Waals surface area (Å²) in [6, 6.07) is 25.8. The lowest BCUT2D eigenvalue weighted by Crippen LogP contribution is -2.41. The average molecular weight is 559 g/mol. The molecule has 0 spiro atoms. The second-order valence-electron chi connectivity index (χ2n) is 9.70. The van der Waals surface area contributed by atoms with Crippen LogP contribution in [0.25, 0.3) is 6.08 Å². The third-order valence-electron chi connectivity index (χ3n) is 6.87. The zero-order valence-corrected chi connectivity index (χ0v) is 23.7. The molecule has 0 aromatic heterocycles. The fourth-order valence-electron chi connectivity index (χ4n) is 4.74. The fourth-order valence-corrected chi connectivity index (χ4v) is 4.74. The summed E-state index contributed by atoms with van der Waals surface area (Å²) >= 11 is 0. The van der Waals surface area contributed by atoms with Crippen LogP contribution in [-0.2, 0) is 14.3 Å². The minimum absolute atomic E-state index is 0.0821. The van der Waals surface area contributed by atoms with Gasteiger partial charge in [0.2, 0.25) is 5.91 Å². The molecule has 0 bridgehead atoms. The Morgan fingerprint density at radius 2 is 1.61 bits per heavy atom. The second-order valence-corrected chi connectivity index (χ2v) is 9.70. The van der Waals surface area contributed by atoms with Crippen LogP contribution in [0.1, 0.15) is 42.6 Å². The molecule has 1 heterocycles. The predicted octanol–water partition coefficient (Wildman–Crippen LogP) is 5.63. The van der Waals surface area contributed by atoms with Gasteiger partial charge < -0.3 is 29.2 Å². The van der Waals surface area contributed by atoms with Gasteiger partial charge in [-0.05, 0) is 54.7 Å². The number of rotatable bonds is 12. The molecule has 1 saturated heterocycles. The number of piperidine rings is 1. The molecule has 0 saturated carbocycles. The summed E-state index contributed by atoms with van der Waals surface area (Å²) in [5.74, 6) is 0.437. The highest BCUT2D eigenvalue weighted by Gasteiger charge is 2.24. The molecule has 1 aliphatic heterocycles. The van der Waals surface area contributed by atoms with Crippen molar-refractivity contribution < 1.29 is 28.5 Å². The van der Waals surface area contributed by atoms with Crippen molar-refractivity contribution in [2.24, 2.45) is 0 Å². The van der Waals surface area contributed by atoms with Crippen molar-refractivity contribution in [3.8, 4) is 11.5 Å². The summed E-state index contributed by atoms with van der Waals surface area (Å²) in [6.45, 7) is 5.10. The number of methoxy groups -OCH3 is 1. The van der Waals surface area contributed by atoms with Crippen LogP contribution in [0, 0.1) is 0 Å². The number of hydrogen-bond acceptors (Lipinski definition) is 7. The van der Waals surface area contributed by atoms with Crippen LogP contribution in [0.5, 0.6) is 11.5 Å². The van der Waals surface area contributed by atoms with E-state index in [0.717, 1.165) is 49.2 Å². The Morgan fingerprint density at radius 3 is 2.22 bits per heavy atom. The number of nitrogens with one attached hydrogen (secondary N) is 1. The van der Waals surface area contributed by atoms with E-state index < -0.39 is 6.16 Å². The van der Waals surface area contributed by atoms with Crippen LogP contribution in [0.3, 0.4) is 0 Å². The first-order chi connectivity index (χ1) is 20.1. The zero-order valence-electron chi connectivity index (χ0n) is 23.7. The Bertz CT molecular complexity index is 1230. The summed E-state index contributed by atoms with van der Waals surface area (Å²) < 4.78 is 21.9. The van der Waals surface area contributed by atoms with E-state index in [0.29, 0.717) is 12.3 Å². The minimum atomic E-state index is -0.797. The molecule has 1 fully saturated rings. The number of carbonyl (C=O) groups is 2. The van der Waals surface area contributed by atoms with Gasteiger partial charge in [-0.15, -0.1) is 0 Å². The molecule has 0 unspecified atom stereocenters. The molecule has 1 aliphatic rings. The topological polar surface area (TPSA) is 86.3 Å². The molecule has 0 atom stereocenters. The average Bonchev–Trinajstić information content (AvgIpc) is 3.01. The van der Waals surface area contributed by atoms with Gasteiger partial charge in [0.1, 0.15) is 6.10 Å². The smallest absolute Gasteiger partial charge is 0.493 e. The van der Waals surface area contributed by atoms with E-state index in [-0.39, 0.29) is 30.5 Å². The largest absolute Gasteiger partial charge is 0.513 e. The number of nitrogens with zero attached hydrogens (tertiary/aromatic N) is 1. The Labute approximate surface area is 241 Å². The molecule has 8 heteroatoms. The highest BCUT2D eigenvalue weighted by Crippen LogP contribution is 2.30. The van der Waals surface area contributed by atoms with Gasteiger partial charge in [0.15, 0.2) is 11.5 Å². The standard InChI is InChI=1S/C33H38N2O6/c1-3-39-33(37)41-29-16-14-25(24-30(29)38-2)15-17-31(36)34-20-23-35-21-18-28(19-22-35)40-32(26-10-6-4-7-11-26)27-12-8-5-9-13-27/h4-17,24,28,32H,3,18-23H2,1-2H3,(H,34,36). The number of carbonyl (C=O) groups excluding carboxylic acids is 2. The molecule has 4 rings (SSSR count). The maximum atomic E-state index is 12.4. The van der Waals surface area contributed by atoms with E-state index in [1.807, 2.05) is 12.1 Å². The SMILES string of the molecule is CCOC(=O)Oc1ccc(C=CC(=O)NCCN2CCC(OC(c3ccccc3)c3ccccc3)CC2)cc1OC. The van der Waals surface area contributed by atoms with Crippen molar-refractivity contribution >= 4 is 18.1 Å². The first kappa shape index (κ1) is 29.8. The summed E-state index contributed by atoms with van der Waals surface area (Å²) in [4.78, 5) is 26.3. The zero-order chi connectivity index (χ0) is 28.9. The van der Waals surface area contributed by atoms with Gasteiger partial charge in [-0.3, -0.25) is 4.79 Å².